The summed E-state index contributed by atoms with van der Waals surface area (Å²) in [7, 11) is 0. The number of carbonyl (C=O) groups excluding carboxylic acids is 2. The van der Waals surface area contributed by atoms with Crippen molar-refractivity contribution in [2.75, 3.05) is 18.1 Å². The third-order valence-electron chi connectivity index (χ3n) is 5.49. The molecule has 0 bridgehead atoms. The van der Waals surface area contributed by atoms with Gasteiger partial charge in [0.05, 0.1) is 11.4 Å². The molecule has 7 heteroatoms. The number of benzene rings is 2. The van der Waals surface area contributed by atoms with Gasteiger partial charge in [0.1, 0.15) is 11.6 Å². The minimum atomic E-state index is -0.834. The largest absolute Gasteiger partial charge is 0.451 e. The van der Waals surface area contributed by atoms with Crippen molar-refractivity contribution in [1.82, 2.24) is 9.78 Å². The molecule has 7 nitrogen and oxygen atoms in total. The summed E-state index contributed by atoms with van der Waals surface area (Å²) in [5.41, 5.74) is 4.76. The minimum Gasteiger partial charge on any atom is -0.451 e. The molecule has 2 heterocycles. The lowest BCUT2D eigenvalue weighted by Gasteiger charge is -2.17. The molecule has 160 valence electrons. The lowest BCUT2D eigenvalue weighted by molar-refractivity contribution is -0.143. The Labute approximate surface area is 186 Å². The van der Waals surface area contributed by atoms with Crippen LogP contribution in [0.15, 0.2) is 60.2 Å². The van der Waals surface area contributed by atoms with E-state index in [1.165, 1.54) is 6.08 Å². The standard InChI is InChI=1S/C25H22N4O3/c1-17-22(18(2)29(27-17)21-9-4-3-5-10-21)14-20(15-26)25(31)32-16-24(30)28-13-12-19-8-6-7-11-23(19)28/h3-11,14H,12-13,16H2,1-2H3. The van der Waals surface area contributed by atoms with Crippen molar-refractivity contribution < 1.29 is 14.3 Å². The molecule has 0 N–H and O–H groups in total. The maximum atomic E-state index is 12.6. The van der Waals surface area contributed by atoms with Gasteiger partial charge < -0.3 is 9.64 Å². The minimum absolute atomic E-state index is 0.182. The van der Waals surface area contributed by atoms with Crippen molar-refractivity contribution >= 4 is 23.6 Å². The Bertz CT molecular complexity index is 1250. The number of hydrogen-bond donors (Lipinski definition) is 0. The van der Waals surface area contributed by atoms with Crippen molar-refractivity contribution in [3.8, 4) is 11.8 Å². The van der Waals surface area contributed by atoms with Crippen LogP contribution >= 0.6 is 0 Å². The van der Waals surface area contributed by atoms with Gasteiger partial charge in [-0.05, 0) is 50.1 Å². The van der Waals surface area contributed by atoms with Crippen LogP contribution in [0.5, 0.6) is 0 Å². The monoisotopic (exact) mass is 426 g/mol. The molecular weight excluding hydrogens is 404 g/mol. The summed E-state index contributed by atoms with van der Waals surface area (Å²) in [5, 5.41) is 14.1. The second-order valence-electron chi connectivity index (χ2n) is 7.50. The molecule has 0 spiro atoms. The fourth-order valence-electron chi connectivity index (χ4n) is 3.85. The normalized spacial score (nSPS) is 12.9. The molecule has 4 rings (SSSR count). The van der Waals surface area contributed by atoms with E-state index in [2.05, 4.69) is 5.10 Å². The van der Waals surface area contributed by atoms with E-state index < -0.39 is 12.6 Å². The second-order valence-corrected chi connectivity index (χ2v) is 7.50. The van der Waals surface area contributed by atoms with E-state index in [0.29, 0.717) is 17.8 Å². The summed E-state index contributed by atoms with van der Waals surface area (Å²) < 4.78 is 6.94. The molecule has 0 radical (unpaired) electrons. The predicted octanol–water partition coefficient (Wildman–Crippen LogP) is 3.53. The summed E-state index contributed by atoms with van der Waals surface area (Å²) in [5.74, 6) is -1.15. The van der Waals surface area contributed by atoms with Gasteiger partial charge in [0.25, 0.3) is 5.91 Å². The first-order chi connectivity index (χ1) is 15.5. The quantitative estimate of drug-likeness (QED) is 0.354. The van der Waals surface area contributed by atoms with Gasteiger partial charge >= 0.3 is 5.97 Å². The third kappa shape index (κ3) is 4.03. The molecule has 0 saturated heterocycles. The van der Waals surface area contributed by atoms with Crippen LogP contribution in [-0.2, 0) is 20.7 Å². The van der Waals surface area contributed by atoms with Gasteiger partial charge in [0.15, 0.2) is 6.61 Å². The topological polar surface area (TPSA) is 88.2 Å². The van der Waals surface area contributed by atoms with Crippen molar-refractivity contribution in [2.24, 2.45) is 0 Å². The molecule has 1 aliphatic rings. The van der Waals surface area contributed by atoms with Crippen LogP contribution in [0.25, 0.3) is 11.8 Å². The maximum Gasteiger partial charge on any atom is 0.349 e. The average molecular weight is 426 g/mol. The molecule has 0 unspecified atom stereocenters. The molecule has 1 amide bonds. The Morgan fingerprint density at radius 1 is 1.12 bits per heavy atom. The van der Waals surface area contributed by atoms with Crippen LogP contribution in [0.2, 0.25) is 0 Å². The van der Waals surface area contributed by atoms with Crippen molar-refractivity contribution in [3.05, 3.63) is 82.7 Å². The Hall–Kier alpha value is -4.18. The molecule has 1 aromatic heterocycles. The smallest absolute Gasteiger partial charge is 0.349 e. The number of para-hydroxylation sites is 2. The van der Waals surface area contributed by atoms with Crippen molar-refractivity contribution in [3.63, 3.8) is 0 Å². The van der Waals surface area contributed by atoms with Crippen LogP contribution in [0.1, 0.15) is 22.5 Å². The molecule has 2 aromatic carbocycles. The van der Waals surface area contributed by atoms with E-state index >= 15 is 0 Å². The Balaban J connectivity index is 1.49. The lowest BCUT2D eigenvalue weighted by Crippen LogP contribution is -2.33. The fraction of sp³-hybridized carbons (Fsp3) is 0.200. The van der Waals surface area contributed by atoms with Crippen LogP contribution in [-0.4, -0.2) is 34.8 Å². The molecule has 3 aromatic rings. The summed E-state index contributed by atoms with van der Waals surface area (Å²) in [6.07, 6.45) is 2.23. The molecular formula is C25H22N4O3. The molecule has 0 saturated carbocycles. The van der Waals surface area contributed by atoms with Crippen molar-refractivity contribution in [2.45, 2.75) is 20.3 Å². The highest BCUT2D eigenvalue weighted by Crippen LogP contribution is 2.27. The van der Waals surface area contributed by atoms with Crippen LogP contribution in [0.4, 0.5) is 5.69 Å². The molecule has 1 aliphatic heterocycles. The summed E-state index contributed by atoms with van der Waals surface area (Å²) in [4.78, 5) is 26.7. The van der Waals surface area contributed by atoms with Gasteiger partial charge in [-0.2, -0.15) is 10.4 Å². The third-order valence-corrected chi connectivity index (χ3v) is 5.49. The number of ether oxygens (including phenoxy) is 1. The fourth-order valence-corrected chi connectivity index (χ4v) is 3.85. The van der Waals surface area contributed by atoms with Crippen LogP contribution < -0.4 is 4.90 Å². The number of amides is 1. The number of hydrogen-bond acceptors (Lipinski definition) is 5. The van der Waals surface area contributed by atoms with E-state index in [9.17, 15) is 14.9 Å². The van der Waals surface area contributed by atoms with Crippen LogP contribution in [0, 0.1) is 25.2 Å². The number of esters is 1. The number of nitrogens with zero attached hydrogens (tertiary/aromatic N) is 4. The SMILES string of the molecule is Cc1nn(-c2ccccc2)c(C)c1C=C(C#N)C(=O)OCC(=O)N1CCc2ccccc21. The Kier molecular flexibility index (Phi) is 5.86. The van der Waals surface area contributed by atoms with E-state index in [0.717, 1.165) is 29.1 Å². The number of aryl methyl sites for hydroxylation is 1. The number of aromatic nitrogens is 2. The first-order valence-corrected chi connectivity index (χ1v) is 10.3. The number of rotatable bonds is 5. The zero-order chi connectivity index (χ0) is 22.7. The number of anilines is 1. The molecule has 32 heavy (non-hydrogen) atoms. The highest BCUT2D eigenvalue weighted by Gasteiger charge is 2.25. The number of nitriles is 1. The first-order valence-electron chi connectivity index (χ1n) is 10.3. The summed E-state index contributed by atoms with van der Waals surface area (Å²) >= 11 is 0. The van der Waals surface area contributed by atoms with Gasteiger partial charge in [-0.3, -0.25) is 4.79 Å². The molecule has 0 aliphatic carbocycles. The average Bonchev–Trinajstić information content (AvgIpc) is 3.37. The van der Waals surface area contributed by atoms with E-state index in [1.54, 1.807) is 9.58 Å². The predicted molar refractivity (Wildman–Crippen MR) is 120 cm³/mol. The molecule has 0 atom stereocenters. The first kappa shape index (κ1) is 21.1. The molecule has 0 fully saturated rings. The lowest BCUT2D eigenvalue weighted by atomic mass is 10.1. The zero-order valence-electron chi connectivity index (χ0n) is 17.9. The van der Waals surface area contributed by atoms with Crippen molar-refractivity contribution in [1.29, 1.82) is 5.26 Å². The van der Waals surface area contributed by atoms with E-state index in [-0.39, 0.29) is 11.5 Å². The van der Waals surface area contributed by atoms with Gasteiger partial charge in [-0.25, -0.2) is 9.48 Å². The maximum absolute atomic E-state index is 12.6. The highest BCUT2D eigenvalue weighted by atomic mass is 16.5. The van der Waals surface area contributed by atoms with Gasteiger partial charge in [-0.1, -0.05) is 36.4 Å². The highest BCUT2D eigenvalue weighted by molar-refractivity contribution is 6.01. The van der Waals surface area contributed by atoms with Gasteiger partial charge in [-0.15, -0.1) is 0 Å². The summed E-state index contributed by atoms with van der Waals surface area (Å²) in [6, 6.07) is 19.1. The number of carbonyl (C=O) groups is 2. The van der Waals surface area contributed by atoms with Gasteiger partial charge in [0.2, 0.25) is 0 Å². The van der Waals surface area contributed by atoms with E-state index in [1.807, 2.05) is 74.5 Å². The Morgan fingerprint density at radius 3 is 2.59 bits per heavy atom. The second kappa shape index (κ2) is 8.90. The number of fused-ring (bicyclic) bond motifs is 1. The zero-order valence-corrected chi connectivity index (χ0v) is 17.9. The van der Waals surface area contributed by atoms with Crippen LogP contribution in [0.3, 0.4) is 0 Å². The summed E-state index contributed by atoms with van der Waals surface area (Å²) in [6.45, 7) is 3.81. The van der Waals surface area contributed by atoms with E-state index in [4.69, 9.17) is 4.74 Å². The Morgan fingerprint density at radius 2 is 1.84 bits per heavy atom. The van der Waals surface area contributed by atoms with Gasteiger partial charge in [0, 0.05) is 23.5 Å².